The summed E-state index contributed by atoms with van der Waals surface area (Å²) in [6, 6.07) is 0. The number of hydrogen-bond donors (Lipinski definition) is 1. The second-order valence-electron chi connectivity index (χ2n) is 5.58. The van der Waals surface area contributed by atoms with Crippen molar-refractivity contribution in [1.82, 2.24) is 9.88 Å². The number of hydrogen-bond acceptors (Lipinski definition) is 6. The number of nitrogens with zero attached hydrogens (tertiary/aromatic N) is 2. The highest BCUT2D eigenvalue weighted by Crippen LogP contribution is 2.42. The number of thiazole rings is 1. The first kappa shape index (κ1) is 18.7. The number of carbonyl (C=O) groups is 2. The van der Waals surface area contributed by atoms with Crippen molar-refractivity contribution in [3.8, 4) is 0 Å². The number of aliphatic hydroxyl groups is 1. The lowest BCUT2D eigenvalue weighted by Gasteiger charge is -2.27. The maximum absolute atomic E-state index is 13.2. The van der Waals surface area contributed by atoms with E-state index in [0.29, 0.717) is 30.1 Å². The lowest BCUT2D eigenvalue weighted by molar-refractivity contribution is -0.269. The Morgan fingerprint density at radius 3 is 2.50 bits per heavy atom. The number of likely N-dealkylation sites (tertiary alicyclic amines) is 1. The van der Waals surface area contributed by atoms with Gasteiger partial charge >= 0.3 is 12.1 Å². The minimum absolute atomic E-state index is 0.301. The number of ether oxygens (including phenoxy) is 1. The van der Waals surface area contributed by atoms with Gasteiger partial charge in [0.1, 0.15) is 5.01 Å². The molecule has 10 heteroatoms. The van der Waals surface area contributed by atoms with Crippen LogP contribution in [0.2, 0.25) is 0 Å². The van der Waals surface area contributed by atoms with Crippen molar-refractivity contribution in [2.75, 3.05) is 19.7 Å². The summed E-state index contributed by atoms with van der Waals surface area (Å²) in [5.74, 6) is -1.77. The first-order valence-corrected chi connectivity index (χ1v) is 8.16. The fourth-order valence-corrected chi connectivity index (χ4v) is 3.22. The molecule has 1 aliphatic rings. The van der Waals surface area contributed by atoms with E-state index in [1.54, 1.807) is 0 Å². The quantitative estimate of drug-likeness (QED) is 0.804. The van der Waals surface area contributed by atoms with Crippen molar-refractivity contribution < 1.29 is 32.6 Å². The van der Waals surface area contributed by atoms with Crippen LogP contribution < -0.4 is 0 Å². The van der Waals surface area contributed by atoms with E-state index in [1.165, 1.54) is 17.2 Å². The lowest BCUT2D eigenvalue weighted by Crippen LogP contribution is -2.44. The average Bonchev–Trinajstić information content (AvgIpc) is 3.14. The number of halogens is 3. The third-order valence-electron chi connectivity index (χ3n) is 3.66. The van der Waals surface area contributed by atoms with Crippen molar-refractivity contribution in [3.63, 3.8) is 0 Å². The molecular formula is C14H17F3N2O4S. The molecule has 1 atom stereocenters. The van der Waals surface area contributed by atoms with Gasteiger partial charge in [0.05, 0.1) is 6.42 Å². The summed E-state index contributed by atoms with van der Waals surface area (Å²) >= 11 is 0.606. The number of rotatable bonds is 5. The normalized spacial score (nSPS) is 17.6. The fraction of sp³-hybridized carbons (Fsp3) is 0.643. The van der Waals surface area contributed by atoms with Gasteiger partial charge in [-0.2, -0.15) is 13.2 Å². The molecule has 0 saturated carbocycles. The summed E-state index contributed by atoms with van der Waals surface area (Å²) in [5.41, 5.74) is -3.13. The third kappa shape index (κ3) is 4.04. The molecule has 0 aromatic carbocycles. The zero-order valence-electron chi connectivity index (χ0n) is 12.9. The molecule has 0 aliphatic carbocycles. The molecule has 1 fully saturated rings. The van der Waals surface area contributed by atoms with Gasteiger partial charge in [-0.3, -0.25) is 9.59 Å². The lowest BCUT2D eigenvalue weighted by atomic mass is 10.00. The minimum Gasteiger partial charge on any atom is -0.455 e. The maximum atomic E-state index is 13.2. The van der Waals surface area contributed by atoms with Crippen LogP contribution in [0.3, 0.4) is 0 Å². The topological polar surface area (TPSA) is 79.7 Å². The van der Waals surface area contributed by atoms with E-state index < -0.39 is 41.7 Å². The first-order valence-electron chi connectivity index (χ1n) is 7.28. The Kier molecular flexibility index (Phi) is 5.49. The highest BCUT2D eigenvalue weighted by Gasteiger charge is 2.58. The SMILES string of the molecule is Cc1csc(C(O)(CC(=O)OCC(=O)N2CCCC2)C(F)(F)F)n1. The molecule has 1 aromatic heterocycles. The van der Waals surface area contributed by atoms with Gasteiger partial charge in [0.25, 0.3) is 5.91 Å². The van der Waals surface area contributed by atoms with E-state index in [0.717, 1.165) is 12.8 Å². The molecule has 0 radical (unpaired) electrons. The van der Waals surface area contributed by atoms with Crippen molar-refractivity contribution in [2.24, 2.45) is 0 Å². The summed E-state index contributed by atoms with van der Waals surface area (Å²) in [6.07, 6.45) is -4.76. The van der Waals surface area contributed by atoms with Gasteiger partial charge in [-0.15, -0.1) is 11.3 Å². The Hall–Kier alpha value is -1.68. The van der Waals surface area contributed by atoms with Gasteiger partial charge in [-0.25, -0.2) is 4.98 Å². The third-order valence-corrected chi connectivity index (χ3v) is 4.77. The number of carbonyl (C=O) groups excluding carboxylic acids is 2. The van der Waals surface area contributed by atoms with E-state index in [9.17, 15) is 27.9 Å². The van der Waals surface area contributed by atoms with E-state index in [4.69, 9.17) is 0 Å². The van der Waals surface area contributed by atoms with E-state index in [-0.39, 0.29) is 0 Å². The number of aromatic nitrogens is 1. The van der Waals surface area contributed by atoms with Crippen LogP contribution in [0.25, 0.3) is 0 Å². The van der Waals surface area contributed by atoms with Crippen LogP contribution in [0.4, 0.5) is 13.2 Å². The molecule has 1 unspecified atom stereocenters. The number of alkyl halides is 3. The van der Waals surface area contributed by atoms with Crippen LogP contribution in [0, 0.1) is 6.92 Å². The first-order chi connectivity index (χ1) is 11.1. The summed E-state index contributed by atoms with van der Waals surface area (Å²) in [4.78, 5) is 28.6. The Morgan fingerprint density at radius 1 is 1.38 bits per heavy atom. The molecule has 1 N–H and O–H groups in total. The number of amides is 1. The predicted octanol–water partition coefficient (Wildman–Crippen LogP) is 1.76. The molecule has 1 saturated heterocycles. The second kappa shape index (κ2) is 7.06. The van der Waals surface area contributed by atoms with Crippen molar-refractivity contribution in [1.29, 1.82) is 0 Å². The smallest absolute Gasteiger partial charge is 0.424 e. The summed E-state index contributed by atoms with van der Waals surface area (Å²) in [5, 5.41) is 10.7. The van der Waals surface area contributed by atoms with Crippen LogP contribution >= 0.6 is 11.3 Å². The highest BCUT2D eigenvalue weighted by molar-refractivity contribution is 7.09. The molecule has 24 heavy (non-hydrogen) atoms. The summed E-state index contributed by atoms with van der Waals surface area (Å²) in [7, 11) is 0. The number of esters is 1. The van der Waals surface area contributed by atoms with Gasteiger partial charge in [0.2, 0.25) is 5.60 Å². The average molecular weight is 366 g/mol. The molecular weight excluding hydrogens is 349 g/mol. The van der Waals surface area contributed by atoms with Crippen molar-refractivity contribution in [2.45, 2.75) is 38.0 Å². The largest absolute Gasteiger partial charge is 0.455 e. The molecule has 1 aromatic rings. The minimum atomic E-state index is -5.10. The molecule has 1 amide bonds. The monoisotopic (exact) mass is 366 g/mol. The van der Waals surface area contributed by atoms with Crippen molar-refractivity contribution in [3.05, 3.63) is 16.1 Å². The van der Waals surface area contributed by atoms with E-state index >= 15 is 0 Å². The Labute approximate surface area is 140 Å². The zero-order valence-corrected chi connectivity index (χ0v) is 13.7. The highest BCUT2D eigenvalue weighted by atomic mass is 32.1. The van der Waals surface area contributed by atoms with Crippen LogP contribution in [-0.4, -0.2) is 52.7 Å². The van der Waals surface area contributed by atoms with Gasteiger partial charge in [-0.05, 0) is 19.8 Å². The van der Waals surface area contributed by atoms with Gasteiger partial charge in [0, 0.05) is 24.2 Å². The fourth-order valence-electron chi connectivity index (χ4n) is 2.30. The molecule has 0 bridgehead atoms. The van der Waals surface area contributed by atoms with Crippen LogP contribution in [0.1, 0.15) is 30.0 Å². The standard InChI is InChI=1S/C14H17F3N2O4S/c1-9-8-24-12(18-9)13(22,14(15,16)17)6-11(21)23-7-10(20)19-4-2-3-5-19/h8,22H,2-7H2,1H3. The van der Waals surface area contributed by atoms with Crippen LogP contribution in [-0.2, 0) is 19.9 Å². The molecule has 1 aliphatic heterocycles. The van der Waals surface area contributed by atoms with E-state index in [1.807, 2.05) is 0 Å². The van der Waals surface area contributed by atoms with Crippen LogP contribution in [0.5, 0.6) is 0 Å². The van der Waals surface area contributed by atoms with Gasteiger partial charge in [0.15, 0.2) is 6.61 Å². The zero-order chi connectivity index (χ0) is 18.0. The molecule has 0 spiro atoms. The Morgan fingerprint density at radius 2 is 2.00 bits per heavy atom. The summed E-state index contributed by atoms with van der Waals surface area (Å²) in [6.45, 7) is 1.93. The molecule has 6 nitrogen and oxygen atoms in total. The number of aryl methyl sites for hydroxylation is 1. The van der Waals surface area contributed by atoms with E-state index in [2.05, 4.69) is 9.72 Å². The van der Waals surface area contributed by atoms with Gasteiger partial charge < -0.3 is 14.7 Å². The van der Waals surface area contributed by atoms with Gasteiger partial charge in [-0.1, -0.05) is 0 Å². The Balaban J connectivity index is 2.01. The Bertz CT molecular complexity index is 613. The molecule has 2 heterocycles. The maximum Gasteiger partial charge on any atom is 0.424 e. The van der Waals surface area contributed by atoms with Crippen LogP contribution in [0.15, 0.2) is 5.38 Å². The molecule has 2 rings (SSSR count). The van der Waals surface area contributed by atoms with Crippen molar-refractivity contribution >= 4 is 23.2 Å². The summed E-state index contributed by atoms with van der Waals surface area (Å²) < 4.78 is 44.3. The molecule has 134 valence electrons. The predicted molar refractivity (Wildman–Crippen MR) is 78.2 cm³/mol. The second-order valence-corrected chi connectivity index (χ2v) is 6.44.